The van der Waals surface area contributed by atoms with Gasteiger partial charge in [0.1, 0.15) is 0 Å². The average molecular weight is 459 g/mol. The van der Waals surface area contributed by atoms with Crippen LogP contribution in [0.15, 0.2) is 36.4 Å². The Morgan fingerprint density at radius 1 is 1.15 bits per heavy atom. The first-order valence-electron chi connectivity index (χ1n) is 6.94. The van der Waals surface area contributed by atoms with Gasteiger partial charge >= 0.3 is 126 Å². The van der Waals surface area contributed by atoms with Crippen molar-refractivity contribution in [3.05, 3.63) is 42.0 Å². The van der Waals surface area contributed by atoms with Crippen LogP contribution < -0.4 is 26.3 Å². The first-order chi connectivity index (χ1) is 9.17. The van der Waals surface area contributed by atoms with E-state index in [4.69, 9.17) is 5.73 Å². The molecule has 0 saturated heterocycles. The third-order valence-electron chi connectivity index (χ3n) is 3.35. The summed E-state index contributed by atoms with van der Waals surface area (Å²) in [6.45, 7) is 6.73. The molecule has 2 aromatic rings. The minimum Gasteiger partial charge on any atom is -1.00 e. The van der Waals surface area contributed by atoms with Crippen molar-refractivity contribution in [1.29, 1.82) is 0 Å². The molecule has 1 unspecified atom stereocenters. The zero-order chi connectivity index (χ0) is 13.8. The van der Waals surface area contributed by atoms with E-state index in [-0.39, 0.29) is 23.0 Å². The van der Waals surface area contributed by atoms with E-state index in [1.54, 1.807) is 3.58 Å². The fourth-order valence-corrected chi connectivity index (χ4v) is 14.1. The Kier molecular flexibility index (Phi) is 7.94. The van der Waals surface area contributed by atoms with Crippen molar-refractivity contribution in [3.8, 4) is 0 Å². The second-order valence-corrected chi connectivity index (χ2v) is 17.4. The number of fused-ring (bicyclic) bond motifs is 1. The summed E-state index contributed by atoms with van der Waals surface area (Å²) in [6, 6.07) is 13.5. The van der Waals surface area contributed by atoms with E-state index >= 15 is 0 Å². The maximum Gasteiger partial charge on any atom is -1.00 e. The Morgan fingerprint density at radius 2 is 1.75 bits per heavy atom. The number of hydrogen-bond acceptors (Lipinski definition) is 2. The van der Waals surface area contributed by atoms with Crippen LogP contribution in [0.3, 0.4) is 0 Å². The topological polar surface area (TPSA) is 26.0 Å². The predicted octanol–water partition coefficient (Wildman–Crippen LogP) is 0.835. The minimum atomic E-state index is -1.56. The molecular formula is C16H22BrNSSn. The fourth-order valence-electron chi connectivity index (χ4n) is 2.42. The molecule has 0 radical (unpaired) electrons. The molecule has 0 spiro atoms. The first kappa shape index (κ1) is 18.3. The fraction of sp³-hybridized carbons (Fsp3) is 0.375. The number of hydrogen-bond donors (Lipinski definition) is 1. The van der Waals surface area contributed by atoms with Gasteiger partial charge in [0.15, 0.2) is 0 Å². The molecule has 20 heavy (non-hydrogen) atoms. The summed E-state index contributed by atoms with van der Waals surface area (Å²) in [4.78, 5) is 0. The van der Waals surface area contributed by atoms with E-state index in [1.165, 1.54) is 26.5 Å². The van der Waals surface area contributed by atoms with Gasteiger partial charge in [0.2, 0.25) is 0 Å². The van der Waals surface area contributed by atoms with Gasteiger partial charge in [-0.05, 0) is 0 Å². The number of nitrogens with two attached hydrogens (primary N) is 1. The van der Waals surface area contributed by atoms with Crippen molar-refractivity contribution in [2.24, 2.45) is 5.73 Å². The largest absolute Gasteiger partial charge is 1.00 e. The van der Waals surface area contributed by atoms with Crippen LogP contribution in [-0.4, -0.2) is 24.1 Å². The van der Waals surface area contributed by atoms with Crippen molar-refractivity contribution >= 4 is 41.7 Å². The van der Waals surface area contributed by atoms with E-state index in [1.807, 2.05) is 0 Å². The van der Waals surface area contributed by atoms with Crippen LogP contribution in [0.4, 0.5) is 0 Å². The molecule has 2 rings (SSSR count). The molecule has 4 heteroatoms. The molecule has 2 aromatic carbocycles. The predicted molar refractivity (Wildman–Crippen MR) is 90.6 cm³/mol. The quantitative estimate of drug-likeness (QED) is 0.672. The van der Waals surface area contributed by atoms with Gasteiger partial charge < -0.3 is 17.0 Å². The molecule has 0 fully saturated rings. The van der Waals surface area contributed by atoms with Crippen molar-refractivity contribution in [2.75, 3.05) is 5.75 Å². The molecule has 0 heterocycles. The summed E-state index contributed by atoms with van der Waals surface area (Å²) in [5.41, 5.74) is 7.60. The van der Waals surface area contributed by atoms with Crippen LogP contribution in [0, 0.1) is 0 Å². The van der Waals surface area contributed by atoms with Gasteiger partial charge in [-0.1, -0.05) is 0 Å². The summed E-state index contributed by atoms with van der Waals surface area (Å²) in [7, 11) is 2.21. The van der Waals surface area contributed by atoms with Crippen molar-refractivity contribution in [2.45, 2.75) is 31.2 Å². The maximum absolute atomic E-state index is 6.22. The van der Waals surface area contributed by atoms with Crippen LogP contribution in [0.2, 0.25) is 4.44 Å². The molecule has 108 valence electrons. The molecule has 1 atom stereocenters. The van der Waals surface area contributed by atoms with E-state index in [9.17, 15) is 0 Å². The zero-order valence-corrected chi connectivity index (χ0v) is 17.6. The third-order valence-corrected chi connectivity index (χ3v) is 17.6. The summed E-state index contributed by atoms with van der Waals surface area (Å²) < 4.78 is 2.96. The first-order valence-corrected chi connectivity index (χ1v) is 14.9. The molecule has 0 aliphatic rings. The number of halogens is 1. The van der Waals surface area contributed by atoms with E-state index in [0.29, 0.717) is 0 Å². The Hall–Kier alpha value is 0.289. The van der Waals surface area contributed by atoms with Crippen molar-refractivity contribution < 1.29 is 17.0 Å². The standard InChI is InChI=1S/C12H12N.C2H6S.C2H5.BrH.Sn/c1-9(13)11-7-6-10-4-2-3-5-12(10)8-11;1-2-3;1-2;;/h2-6,8-9H,13H2,1H3;3H,2H2,1H3;1H2,2H3;1H;/q;;;;+2/p-2. The van der Waals surface area contributed by atoms with Gasteiger partial charge in [0.25, 0.3) is 0 Å². The Bertz CT molecular complexity index is 559. The SMILES string of the molecule is CC[S][Sn+]([CH2]C)[c]1cc2ccccc2cc1C(C)N.[Br-]. The Labute approximate surface area is 142 Å². The summed E-state index contributed by atoms with van der Waals surface area (Å²) in [5, 5.41) is 2.68. The van der Waals surface area contributed by atoms with Gasteiger partial charge in [-0.2, -0.15) is 0 Å². The second kappa shape index (κ2) is 8.66. The molecule has 0 bridgehead atoms. The molecule has 2 N–H and O–H groups in total. The number of benzene rings is 2. The Morgan fingerprint density at radius 3 is 2.25 bits per heavy atom. The third kappa shape index (κ3) is 4.15. The van der Waals surface area contributed by atoms with Crippen LogP contribution in [-0.2, 0) is 0 Å². The van der Waals surface area contributed by atoms with Gasteiger partial charge in [-0.25, -0.2) is 0 Å². The summed E-state index contributed by atoms with van der Waals surface area (Å²) in [6.07, 6.45) is 0. The van der Waals surface area contributed by atoms with E-state index in [0.717, 1.165) is 0 Å². The minimum absolute atomic E-state index is 0. The van der Waals surface area contributed by atoms with Gasteiger partial charge in [0, 0.05) is 0 Å². The van der Waals surface area contributed by atoms with Crippen LogP contribution in [0.5, 0.6) is 0 Å². The van der Waals surface area contributed by atoms with Crippen LogP contribution in [0.1, 0.15) is 32.4 Å². The molecule has 0 amide bonds. The van der Waals surface area contributed by atoms with Crippen LogP contribution >= 0.6 is 8.95 Å². The van der Waals surface area contributed by atoms with E-state index in [2.05, 4.69) is 66.1 Å². The summed E-state index contributed by atoms with van der Waals surface area (Å²) >= 11 is -1.56. The molecular weight excluding hydrogens is 437 g/mol. The summed E-state index contributed by atoms with van der Waals surface area (Å²) in [5.74, 6) is 1.23. The molecule has 0 aliphatic heterocycles. The zero-order valence-electron chi connectivity index (χ0n) is 12.3. The number of rotatable bonds is 5. The molecule has 1 nitrogen and oxygen atoms in total. The van der Waals surface area contributed by atoms with Gasteiger partial charge in [-0.3, -0.25) is 0 Å². The second-order valence-electron chi connectivity index (χ2n) is 4.79. The monoisotopic (exact) mass is 459 g/mol. The van der Waals surface area contributed by atoms with Crippen LogP contribution in [0.25, 0.3) is 10.8 Å². The smallest absolute Gasteiger partial charge is 1.00 e. The van der Waals surface area contributed by atoms with Crippen molar-refractivity contribution in [3.63, 3.8) is 0 Å². The normalized spacial score (nSPS) is 12.0. The maximum atomic E-state index is 6.22. The average Bonchev–Trinajstić information content (AvgIpc) is 2.43. The Balaban J connectivity index is 0.00000200. The molecule has 0 aliphatic carbocycles. The van der Waals surface area contributed by atoms with E-state index < -0.39 is 18.4 Å². The molecule has 0 aromatic heterocycles. The van der Waals surface area contributed by atoms with Crippen molar-refractivity contribution in [1.82, 2.24) is 0 Å². The van der Waals surface area contributed by atoms with Gasteiger partial charge in [-0.15, -0.1) is 0 Å². The molecule has 0 saturated carbocycles. The van der Waals surface area contributed by atoms with Gasteiger partial charge in [0.05, 0.1) is 0 Å².